The van der Waals surface area contributed by atoms with Crippen LogP contribution < -0.4 is 5.32 Å². The Morgan fingerprint density at radius 1 is 0.348 bits per heavy atom. The third-order valence-corrected chi connectivity index (χ3v) is 10.2. The van der Waals surface area contributed by atoms with Gasteiger partial charge in [-0.15, -0.1) is 11.3 Å². The van der Waals surface area contributed by atoms with Crippen molar-refractivity contribution in [3.05, 3.63) is 170 Å². The first-order chi connectivity index (χ1) is 22.8. The van der Waals surface area contributed by atoms with Crippen molar-refractivity contribution in [3.8, 4) is 33.4 Å². The Morgan fingerprint density at radius 3 is 1.87 bits per heavy atom. The maximum atomic E-state index is 3.77. The largest absolute Gasteiger partial charge is 0.355 e. The van der Waals surface area contributed by atoms with Crippen LogP contribution in [0, 0.1) is 0 Å². The number of fused-ring (bicyclic) bond motifs is 5. The van der Waals surface area contributed by atoms with Crippen LogP contribution in [0.5, 0.6) is 0 Å². The molecule has 216 valence electrons. The highest BCUT2D eigenvalue weighted by atomic mass is 32.1. The normalized spacial score (nSPS) is 11.5. The third kappa shape index (κ3) is 4.54. The quantitative estimate of drug-likeness (QED) is 0.206. The van der Waals surface area contributed by atoms with Crippen LogP contribution in [-0.4, -0.2) is 0 Å². The molecular weight excluding hydrogens is 575 g/mol. The van der Waals surface area contributed by atoms with Gasteiger partial charge < -0.3 is 5.32 Å². The van der Waals surface area contributed by atoms with E-state index in [1.165, 1.54) is 75.1 Å². The molecule has 46 heavy (non-hydrogen) atoms. The van der Waals surface area contributed by atoms with Gasteiger partial charge in [-0.2, -0.15) is 0 Å². The van der Waals surface area contributed by atoms with Gasteiger partial charge in [-0.25, -0.2) is 0 Å². The monoisotopic (exact) mass is 603 g/mol. The SMILES string of the molecule is c1cc(Nc2ccccc2-c2ccc3sc4ccccc4c3c2)cc(-c2ccc(-c3cccc4ccccc34)c3ccccc23)c1. The predicted molar refractivity (Wildman–Crippen MR) is 200 cm³/mol. The molecule has 0 amide bonds. The third-order valence-electron chi connectivity index (χ3n) is 9.07. The molecule has 1 N–H and O–H groups in total. The van der Waals surface area contributed by atoms with Crippen LogP contribution in [0.1, 0.15) is 0 Å². The Morgan fingerprint density at radius 2 is 0.957 bits per heavy atom. The zero-order valence-electron chi connectivity index (χ0n) is 25.1. The molecule has 0 aliphatic rings. The fourth-order valence-corrected chi connectivity index (χ4v) is 7.99. The molecule has 0 saturated heterocycles. The summed E-state index contributed by atoms with van der Waals surface area (Å²) in [5.41, 5.74) is 9.50. The van der Waals surface area contributed by atoms with Gasteiger partial charge in [-0.1, -0.05) is 133 Å². The lowest BCUT2D eigenvalue weighted by molar-refractivity contribution is 1.53. The Kier molecular flexibility index (Phi) is 6.40. The molecule has 8 aromatic carbocycles. The molecule has 0 bridgehead atoms. The summed E-state index contributed by atoms with van der Waals surface area (Å²) >= 11 is 1.86. The summed E-state index contributed by atoms with van der Waals surface area (Å²) in [6.07, 6.45) is 0. The summed E-state index contributed by atoms with van der Waals surface area (Å²) in [4.78, 5) is 0. The second-order valence-corrected chi connectivity index (χ2v) is 12.9. The number of benzene rings is 8. The van der Waals surface area contributed by atoms with Gasteiger partial charge in [0.05, 0.1) is 0 Å². The van der Waals surface area contributed by atoms with E-state index >= 15 is 0 Å². The van der Waals surface area contributed by atoms with Gasteiger partial charge in [0, 0.05) is 37.1 Å². The first-order valence-corrected chi connectivity index (χ1v) is 16.5. The number of hydrogen-bond donors (Lipinski definition) is 1. The molecule has 0 saturated carbocycles. The van der Waals surface area contributed by atoms with E-state index < -0.39 is 0 Å². The summed E-state index contributed by atoms with van der Waals surface area (Å²) in [6, 6.07) is 61.5. The highest BCUT2D eigenvalue weighted by molar-refractivity contribution is 7.25. The average molecular weight is 604 g/mol. The van der Waals surface area contributed by atoms with Crippen LogP contribution in [0.15, 0.2) is 170 Å². The zero-order chi connectivity index (χ0) is 30.5. The number of hydrogen-bond acceptors (Lipinski definition) is 2. The van der Waals surface area contributed by atoms with Crippen LogP contribution in [0.3, 0.4) is 0 Å². The lowest BCUT2D eigenvalue weighted by atomic mass is 9.90. The minimum Gasteiger partial charge on any atom is -0.355 e. The standard InChI is InChI=1S/C44H29NS/c1-2-15-33-29(11-1)12-10-20-37(33)39-25-24-34(36-17-3-4-18-38(36)39)30-13-9-14-32(27-30)45-42-21-7-5-16-35(42)31-23-26-44-41(28-31)40-19-6-8-22-43(40)46-44/h1-28,45H. The molecule has 9 aromatic rings. The summed E-state index contributed by atoms with van der Waals surface area (Å²) in [6.45, 7) is 0. The minimum absolute atomic E-state index is 1.06. The Labute approximate surface area is 272 Å². The fraction of sp³-hybridized carbons (Fsp3) is 0. The molecule has 0 radical (unpaired) electrons. The van der Waals surface area contributed by atoms with Gasteiger partial charge in [-0.3, -0.25) is 0 Å². The molecule has 0 spiro atoms. The van der Waals surface area contributed by atoms with E-state index in [0.717, 1.165) is 11.4 Å². The zero-order valence-corrected chi connectivity index (χ0v) is 25.9. The molecule has 0 atom stereocenters. The number of para-hydroxylation sites is 1. The van der Waals surface area contributed by atoms with Crippen molar-refractivity contribution in [1.29, 1.82) is 0 Å². The van der Waals surface area contributed by atoms with Gasteiger partial charge in [-0.05, 0) is 85.8 Å². The summed E-state index contributed by atoms with van der Waals surface area (Å²) in [5.74, 6) is 0. The molecule has 0 unspecified atom stereocenters. The number of nitrogens with one attached hydrogen (secondary N) is 1. The first-order valence-electron chi connectivity index (χ1n) is 15.7. The minimum atomic E-state index is 1.06. The molecule has 0 aliphatic carbocycles. The number of rotatable bonds is 5. The van der Waals surface area contributed by atoms with Gasteiger partial charge >= 0.3 is 0 Å². The van der Waals surface area contributed by atoms with Crippen molar-refractivity contribution in [2.75, 3.05) is 5.32 Å². The van der Waals surface area contributed by atoms with E-state index in [4.69, 9.17) is 0 Å². The molecule has 0 aliphatic heterocycles. The molecule has 1 heterocycles. The van der Waals surface area contributed by atoms with Crippen LogP contribution in [-0.2, 0) is 0 Å². The van der Waals surface area contributed by atoms with E-state index in [0.29, 0.717) is 0 Å². The fourth-order valence-electron chi connectivity index (χ4n) is 6.90. The Bertz CT molecular complexity index is 2570. The molecular formula is C44H29NS. The average Bonchev–Trinajstić information content (AvgIpc) is 3.49. The highest BCUT2D eigenvalue weighted by Gasteiger charge is 2.13. The van der Waals surface area contributed by atoms with Crippen molar-refractivity contribution >= 4 is 64.4 Å². The Balaban J connectivity index is 1.10. The summed E-state index contributed by atoms with van der Waals surface area (Å²) in [7, 11) is 0. The van der Waals surface area contributed by atoms with Crippen LogP contribution >= 0.6 is 11.3 Å². The highest BCUT2D eigenvalue weighted by Crippen LogP contribution is 2.41. The molecule has 1 nitrogen and oxygen atoms in total. The van der Waals surface area contributed by atoms with Gasteiger partial charge in [0.2, 0.25) is 0 Å². The maximum absolute atomic E-state index is 3.77. The molecule has 0 fully saturated rings. The Hall–Kier alpha value is -5.70. The summed E-state index contributed by atoms with van der Waals surface area (Å²) < 4.78 is 2.65. The van der Waals surface area contributed by atoms with E-state index in [1.54, 1.807) is 0 Å². The number of thiophene rings is 1. The molecule has 9 rings (SSSR count). The van der Waals surface area contributed by atoms with Crippen LogP contribution in [0.2, 0.25) is 0 Å². The lowest BCUT2D eigenvalue weighted by Crippen LogP contribution is -1.94. The molecule has 1 aromatic heterocycles. The smallest absolute Gasteiger partial charge is 0.0463 e. The second-order valence-electron chi connectivity index (χ2n) is 11.8. The van der Waals surface area contributed by atoms with Gasteiger partial charge in [0.25, 0.3) is 0 Å². The van der Waals surface area contributed by atoms with E-state index in [-0.39, 0.29) is 0 Å². The predicted octanol–water partition coefficient (Wildman–Crippen LogP) is 13.1. The van der Waals surface area contributed by atoms with Gasteiger partial charge in [0.15, 0.2) is 0 Å². The van der Waals surface area contributed by atoms with Crippen molar-refractivity contribution in [2.24, 2.45) is 0 Å². The van der Waals surface area contributed by atoms with Crippen molar-refractivity contribution in [3.63, 3.8) is 0 Å². The molecule has 2 heteroatoms. The van der Waals surface area contributed by atoms with Crippen molar-refractivity contribution in [1.82, 2.24) is 0 Å². The van der Waals surface area contributed by atoms with Crippen LogP contribution in [0.4, 0.5) is 11.4 Å². The van der Waals surface area contributed by atoms with E-state index in [1.807, 2.05) is 11.3 Å². The van der Waals surface area contributed by atoms with E-state index in [9.17, 15) is 0 Å². The van der Waals surface area contributed by atoms with E-state index in [2.05, 4.69) is 175 Å². The first kappa shape index (κ1) is 26.7. The van der Waals surface area contributed by atoms with Crippen LogP contribution in [0.25, 0.3) is 75.1 Å². The number of anilines is 2. The topological polar surface area (TPSA) is 12.0 Å². The van der Waals surface area contributed by atoms with Crippen molar-refractivity contribution < 1.29 is 0 Å². The lowest BCUT2D eigenvalue weighted by Gasteiger charge is -2.16. The summed E-state index contributed by atoms with van der Waals surface area (Å²) in [5, 5.41) is 11.5. The van der Waals surface area contributed by atoms with Crippen molar-refractivity contribution in [2.45, 2.75) is 0 Å². The van der Waals surface area contributed by atoms with Gasteiger partial charge in [0.1, 0.15) is 0 Å². The second kappa shape index (κ2) is 11.0. The maximum Gasteiger partial charge on any atom is 0.0463 e.